The molecule has 92 valence electrons. The number of aromatic nitrogens is 1. The van der Waals surface area contributed by atoms with Crippen molar-refractivity contribution in [3.8, 4) is 0 Å². The standard InChI is InChI=1S/C14H21N3/c1-15-9-11-7-8-17(10-11)14-6-5-12-3-2-4-13(12)16-14/h5-6,11,15H,2-4,7-10H2,1H3. The molecule has 1 fully saturated rings. The highest BCUT2D eigenvalue weighted by Crippen LogP contribution is 2.26. The van der Waals surface area contributed by atoms with Crippen molar-refractivity contribution in [2.24, 2.45) is 5.92 Å². The van der Waals surface area contributed by atoms with E-state index in [1.807, 2.05) is 7.05 Å². The van der Waals surface area contributed by atoms with Crippen molar-refractivity contribution >= 4 is 5.82 Å². The summed E-state index contributed by atoms with van der Waals surface area (Å²) in [6, 6.07) is 4.50. The van der Waals surface area contributed by atoms with Gasteiger partial charge in [0.15, 0.2) is 0 Å². The molecule has 0 aromatic carbocycles. The number of fused-ring (bicyclic) bond motifs is 1. The van der Waals surface area contributed by atoms with Gasteiger partial charge in [-0.1, -0.05) is 6.07 Å². The minimum absolute atomic E-state index is 0.787. The third-order valence-corrected chi connectivity index (χ3v) is 4.02. The Morgan fingerprint density at radius 1 is 1.41 bits per heavy atom. The Labute approximate surface area is 103 Å². The molecule has 1 aliphatic carbocycles. The van der Waals surface area contributed by atoms with E-state index in [-0.39, 0.29) is 0 Å². The number of aryl methyl sites for hydroxylation is 2. The van der Waals surface area contributed by atoms with Crippen LogP contribution in [0.3, 0.4) is 0 Å². The first-order chi connectivity index (χ1) is 8.36. The number of nitrogens with one attached hydrogen (secondary N) is 1. The van der Waals surface area contributed by atoms with Gasteiger partial charge in [-0.2, -0.15) is 0 Å². The molecule has 3 nitrogen and oxygen atoms in total. The second kappa shape index (κ2) is 4.65. The summed E-state index contributed by atoms with van der Waals surface area (Å²) in [6.45, 7) is 3.45. The quantitative estimate of drug-likeness (QED) is 0.856. The molecule has 17 heavy (non-hydrogen) atoms. The summed E-state index contributed by atoms with van der Waals surface area (Å²) in [6.07, 6.45) is 4.98. The molecule has 1 aromatic heterocycles. The van der Waals surface area contributed by atoms with Crippen LogP contribution in [0.1, 0.15) is 24.1 Å². The highest BCUT2D eigenvalue weighted by Gasteiger charge is 2.23. The average Bonchev–Trinajstić information content (AvgIpc) is 2.96. The monoisotopic (exact) mass is 231 g/mol. The molecule has 1 aliphatic heterocycles. The van der Waals surface area contributed by atoms with Gasteiger partial charge in [-0.05, 0) is 56.8 Å². The largest absolute Gasteiger partial charge is 0.356 e. The molecule has 0 bridgehead atoms. The van der Waals surface area contributed by atoms with Gasteiger partial charge < -0.3 is 10.2 Å². The zero-order valence-electron chi connectivity index (χ0n) is 10.6. The maximum absolute atomic E-state index is 4.84. The topological polar surface area (TPSA) is 28.2 Å². The Morgan fingerprint density at radius 3 is 3.24 bits per heavy atom. The van der Waals surface area contributed by atoms with Crippen molar-refractivity contribution < 1.29 is 0 Å². The molecule has 3 rings (SSSR count). The van der Waals surface area contributed by atoms with Gasteiger partial charge in [0.2, 0.25) is 0 Å². The molecule has 0 spiro atoms. The second-order valence-electron chi connectivity index (χ2n) is 5.29. The summed E-state index contributed by atoms with van der Waals surface area (Å²) in [4.78, 5) is 7.28. The van der Waals surface area contributed by atoms with Crippen LogP contribution in [-0.2, 0) is 12.8 Å². The number of nitrogens with zero attached hydrogens (tertiary/aromatic N) is 2. The minimum Gasteiger partial charge on any atom is -0.356 e. The lowest BCUT2D eigenvalue weighted by Gasteiger charge is -2.18. The summed E-state index contributed by atoms with van der Waals surface area (Å²) in [5.74, 6) is 1.99. The van der Waals surface area contributed by atoms with Crippen LogP contribution < -0.4 is 10.2 Å². The molecule has 0 radical (unpaired) electrons. The Balaban J connectivity index is 1.73. The molecule has 1 N–H and O–H groups in total. The fraction of sp³-hybridized carbons (Fsp3) is 0.643. The van der Waals surface area contributed by atoms with E-state index in [9.17, 15) is 0 Å². The zero-order valence-corrected chi connectivity index (χ0v) is 10.6. The van der Waals surface area contributed by atoms with Crippen LogP contribution in [0.2, 0.25) is 0 Å². The lowest BCUT2D eigenvalue weighted by Crippen LogP contribution is -2.25. The predicted octanol–water partition coefficient (Wildman–Crippen LogP) is 1.62. The first-order valence-electron chi connectivity index (χ1n) is 6.75. The highest BCUT2D eigenvalue weighted by molar-refractivity contribution is 5.44. The van der Waals surface area contributed by atoms with Crippen molar-refractivity contribution in [2.45, 2.75) is 25.7 Å². The molecule has 0 amide bonds. The molecule has 2 aliphatic rings. The van der Waals surface area contributed by atoms with E-state index in [2.05, 4.69) is 22.3 Å². The van der Waals surface area contributed by atoms with Gasteiger partial charge in [0.25, 0.3) is 0 Å². The van der Waals surface area contributed by atoms with E-state index < -0.39 is 0 Å². The van der Waals surface area contributed by atoms with E-state index in [0.29, 0.717) is 0 Å². The first kappa shape index (κ1) is 11.0. The number of anilines is 1. The molecular weight excluding hydrogens is 210 g/mol. The highest BCUT2D eigenvalue weighted by atomic mass is 15.2. The van der Waals surface area contributed by atoms with Gasteiger partial charge >= 0.3 is 0 Å². The van der Waals surface area contributed by atoms with Crippen LogP contribution in [0.4, 0.5) is 5.82 Å². The van der Waals surface area contributed by atoms with Gasteiger partial charge in [-0.25, -0.2) is 4.98 Å². The fourth-order valence-corrected chi connectivity index (χ4v) is 3.08. The first-order valence-corrected chi connectivity index (χ1v) is 6.75. The van der Waals surface area contributed by atoms with E-state index in [1.165, 1.54) is 42.8 Å². The summed E-state index contributed by atoms with van der Waals surface area (Å²) < 4.78 is 0. The Kier molecular flexibility index (Phi) is 3.02. The average molecular weight is 231 g/mol. The van der Waals surface area contributed by atoms with Gasteiger partial charge in [-0.3, -0.25) is 0 Å². The molecule has 1 aromatic rings. The van der Waals surface area contributed by atoms with Gasteiger partial charge in [-0.15, -0.1) is 0 Å². The zero-order chi connectivity index (χ0) is 11.7. The number of rotatable bonds is 3. The third kappa shape index (κ3) is 2.16. The maximum Gasteiger partial charge on any atom is 0.128 e. The molecule has 0 saturated carbocycles. The van der Waals surface area contributed by atoms with Gasteiger partial charge in [0, 0.05) is 18.8 Å². The van der Waals surface area contributed by atoms with Crippen LogP contribution >= 0.6 is 0 Å². The summed E-state index contributed by atoms with van der Waals surface area (Å²) in [5.41, 5.74) is 2.82. The van der Waals surface area contributed by atoms with E-state index >= 15 is 0 Å². The summed E-state index contributed by atoms with van der Waals surface area (Å²) in [7, 11) is 2.04. The summed E-state index contributed by atoms with van der Waals surface area (Å²) >= 11 is 0. The molecule has 1 unspecified atom stereocenters. The number of hydrogen-bond donors (Lipinski definition) is 1. The van der Waals surface area contributed by atoms with Gasteiger partial charge in [0.05, 0.1) is 0 Å². The Morgan fingerprint density at radius 2 is 2.35 bits per heavy atom. The third-order valence-electron chi connectivity index (χ3n) is 4.02. The van der Waals surface area contributed by atoms with Crippen LogP contribution in [0.15, 0.2) is 12.1 Å². The molecule has 1 atom stereocenters. The maximum atomic E-state index is 4.84. The molecule has 3 heteroatoms. The molecule has 1 saturated heterocycles. The van der Waals surface area contributed by atoms with Crippen LogP contribution in [0.25, 0.3) is 0 Å². The predicted molar refractivity (Wildman–Crippen MR) is 70.5 cm³/mol. The van der Waals surface area contributed by atoms with Crippen molar-refractivity contribution in [1.29, 1.82) is 0 Å². The van der Waals surface area contributed by atoms with Crippen LogP contribution in [-0.4, -0.2) is 31.7 Å². The van der Waals surface area contributed by atoms with Crippen molar-refractivity contribution in [1.82, 2.24) is 10.3 Å². The van der Waals surface area contributed by atoms with Crippen molar-refractivity contribution in [3.05, 3.63) is 23.4 Å². The van der Waals surface area contributed by atoms with Crippen LogP contribution in [0, 0.1) is 5.92 Å². The minimum atomic E-state index is 0.787. The Bertz CT molecular complexity index is 402. The number of pyridine rings is 1. The smallest absolute Gasteiger partial charge is 0.128 e. The van der Waals surface area contributed by atoms with Crippen molar-refractivity contribution in [3.63, 3.8) is 0 Å². The van der Waals surface area contributed by atoms with E-state index in [4.69, 9.17) is 4.98 Å². The lowest BCUT2D eigenvalue weighted by atomic mass is 10.1. The molecule has 2 heterocycles. The molecular formula is C14H21N3. The van der Waals surface area contributed by atoms with Gasteiger partial charge in [0.1, 0.15) is 5.82 Å². The SMILES string of the molecule is CNCC1CCN(c2ccc3c(n2)CCC3)C1. The normalized spacial score (nSPS) is 23.1. The lowest BCUT2D eigenvalue weighted by molar-refractivity contribution is 0.549. The summed E-state index contributed by atoms with van der Waals surface area (Å²) in [5, 5.41) is 3.28. The van der Waals surface area contributed by atoms with E-state index in [0.717, 1.165) is 25.6 Å². The van der Waals surface area contributed by atoms with Crippen molar-refractivity contribution in [2.75, 3.05) is 31.6 Å². The fourth-order valence-electron chi connectivity index (χ4n) is 3.08. The second-order valence-corrected chi connectivity index (χ2v) is 5.29. The Hall–Kier alpha value is -1.09. The van der Waals surface area contributed by atoms with E-state index in [1.54, 1.807) is 0 Å². The van der Waals surface area contributed by atoms with Crippen LogP contribution in [0.5, 0.6) is 0 Å². The number of hydrogen-bond acceptors (Lipinski definition) is 3.